The molecule has 0 aromatic rings. The Morgan fingerprint density at radius 2 is 1.65 bits per heavy atom. The monoisotopic (exact) mass is 238 g/mol. The first-order valence-corrected chi connectivity index (χ1v) is 7.88. The van der Waals surface area contributed by atoms with Gasteiger partial charge in [0.2, 0.25) is 0 Å². The summed E-state index contributed by atoms with van der Waals surface area (Å²) in [4.78, 5) is 0. The first-order chi connectivity index (χ1) is 7.88. The van der Waals surface area contributed by atoms with Crippen molar-refractivity contribution in [2.45, 2.75) is 80.1 Å². The van der Waals surface area contributed by atoms with Crippen LogP contribution in [0.1, 0.15) is 80.1 Å². The van der Waals surface area contributed by atoms with Crippen LogP contribution in [0.25, 0.3) is 0 Å². The molecule has 1 saturated carbocycles. The predicted octanol–water partition coefficient (Wildman–Crippen LogP) is 5.91. The fourth-order valence-corrected chi connectivity index (χ4v) is 3.41. The number of unbranched alkanes of at least 4 members (excludes halogenated alkanes) is 1. The zero-order chi connectivity index (χ0) is 13.1. The van der Waals surface area contributed by atoms with Crippen molar-refractivity contribution in [2.24, 2.45) is 29.1 Å². The van der Waals surface area contributed by atoms with Crippen LogP contribution in [0.3, 0.4) is 0 Å². The van der Waals surface area contributed by atoms with E-state index in [1.54, 1.807) is 0 Å². The van der Waals surface area contributed by atoms with E-state index in [0.717, 1.165) is 23.7 Å². The zero-order valence-electron chi connectivity index (χ0n) is 13.1. The molecule has 3 unspecified atom stereocenters. The van der Waals surface area contributed by atoms with Crippen molar-refractivity contribution < 1.29 is 0 Å². The second kappa shape index (κ2) is 6.25. The molecule has 0 heteroatoms. The minimum Gasteiger partial charge on any atom is -0.0654 e. The molecule has 1 fully saturated rings. The number of hydrogen-bond acceptors (Lipinski definition) is 0. The van der Waals surface area contributed by atoms with Crippen LogP contribution in [0, 0.1) is 29.1 Å². The van der Waals surface area contributed by atoms with Gasteiger partial charge >= 0.3 is 0 Å². The molecule has 0 aromatic carbocycles. The van der Waals surface area contributed by atoms with E-state index in [9.17, 15) is 0 Å². The predicted molar refractivity (Wildman–Crippen MR) is 78.1 cm³/mol. The molecule has 0 bridgehead atoms. The third-order valence-corrected chi connectivity index (χ3v) is 5.01. The van der Waals surface area contributed by atoms with Crippen LogP contribution in [0.2, 0.25) is 0 Å². The lowest BCUT2D eigenvalue weighted by Crippen LogP contribution is -2.15. The lowest BCUT2D eigenvalue weighted by molar-refractivity contribution is 0.259. The highest BCUT2D eigenvalue weighted by Gasteiger charge is 2.50. The van der Waals surface area contributed by atoms with Gasteiger partial charge in [-0.25, -0.2) is 0 Å². The minimum atomic E-state index is 0.654. The van der Waals surface area contributed by atoms with Gasteiger partial charge in [0.15, 0.2) is 0 Å². The summed E-state index contributed by atoms with van der Waals surface area (Å²) in [6.07, 6.45) is 8.61. The Morgan fingerprint density at radius 1 is 1.06 bits per heavy atom. The van der Waals surface area contributed by atoms with E-state index in [4.69, 9.17) is 0 Å². The third-order valence-electron chi connectivity index (χ3n) is 5.01. The standard InChI is InChI=1S/C17H34/c1-7-8-9-14(4)10-11-15(13(2)3)16-12-17(16,5)6/h13-16H,7-12H2,1-6H3. The van der Waals surface area contributed by atoms with Gasteiger partial charge in [-0.05, 0) is 41.9 Å². The van der Waals surface area contributed by atoms with Crippen LogP contribution >= 0.6 is 0 Å². The Morgan fingerprint density at radius 3 is 2.06 bits per heavy atom. The molecule has 17 heavy (non-hydrogen) atoms. The van der Waals surface area contributed by atoms with Crippen molar-refractivity contribution in [3.63, 3.8) is 0 Å². The molecule has 0 radical (unpaired) electrons. The minimum absolute atomic E-state index is 0.654. The molecule has 0 nitrogen and oxygen atoms in total. The van der Waals surface area contributed by atoms with Gasteiger partial charge in [-0.15, -0.1) is 0 Å². The molecular formula is C17H34. The summed E-state index contributed by atoms with van der Waals surface area (Å²) in [6, 6.07) is 0. The van der Waals surface area contributed by atoms with Crippen molar-refractivity contribution >= 4 is 0 Å². The van der Waals surface area contributed by atoms with Gasteiger partial charge in [-0.2, -0.15) is 0 Å². The quantitative estimate of drug-likeness (QED) is 0.493. The Hall–Kier alpha value is 0. The van der Waals surface area contributed by atoms with Crippen LogP contribution in [0.4, 0.5) is 0 Å². The Kier molecular flexibility index (Phi) is 5.54. The maximum absolute atomic E-state index is 2.45. The summed E-state index contributed by atoms with van der Waals surface area (Å²) in [5.74, 6) is 3.81. The molecular weight excluding hydrogens is 204 g/mol. The molecule has 0 N–H and O–H groups in total. The highest BCUT2D eigenvalue weighted by molar-refractivity contribution is 4.99. The van der Waals surface area contributed by atoms with E-state index >= 15 is 0 Å². The van der Waals surface area contributed by atoms with Gasteiger partial charge in [0, 0.05) is 0 Å². The Labute approximate surface area is 110 Å². The SMILES string of the molecule is CCCCC(C)CCC(C(C)C)C1CC1(C)C. The molecule has 1 aliphatic rings. The molecule has 0 saturated heterocycles. The maximum Gasteiger partial charge on any atom is -0.0320 e. The lowest BCUT2D eigenvalue weighted by Gasteiger charge is -2.24. The molecule has 0 spiro atoms. The molecule has 0 heterocycles. The van der Waals surface area contributed by atoms with Gasteiger partial charge in [-0.3, -0.25) is 0 Å². The van der Waals surface area contributed by atoms with Crippen molar-refractivity contribution in [1.82, 2.24) is 0 Å². The highest BCUT2D eigenvalue weighted by Crippen LogP contribution is 2.58. The molecule has 1 rings (SSSR count). The van der Waals surface area contributed by atoms with Crippen LogP contribution in [-0.4, -0.2) is 0 Å². The molecule has 0 amide bonds. The van der Waals surface area contributed by atoms with Crippen LogP contribution in [-0.2, 0) is 0 Å². The summed E-state index contributed by atoms with van der Waals surface area (Å²) >= 11 is 0. The van der Waals surface area contributed by atoms with Gasteiger partial charge in [0.05, 0.1) is 0 Å². The average molecular weight is 238 g/mol. The van der Waals surface area contributed by atoms with Crippen LogP contribution < -0.4 is 0 Å². The first-order valence-electron chi connectivity index (χ1n) is 7.88. The summed E-state index contributed by atoms with van der Waals surface area (Å²) in [5, 5.41) is 0. The fraction of sp³-hybridized carbons (Fsp3) is 1.00. The second-order valence-corrected chi connectivity index (χ2v) is 7.53. The normalized spacial score (nSPS) is 25.9. The van der Waals surface area contributed by atoms with Crippen LogP contribution in [0.15, 0.2) is 0 Å². The molecule has 3 atom stereocenters. The molecule has 0 aromatic heterocycles. The highest BCUT2D eigenvalue weighted by atomic mass is 14.5. The summed E-state index contributed by atoms with van der Waals surface area (Å²) in [7, 11) is 0. The van der Waals surface area contributed by atoms with E-state index < -0.39 is 0 Å². The Balaban J connectivity index is 2.31. The number of rotatable bonds is 8. The summed E-state index contributed by atoms with van der Waals surface area (Å²) in [6.45, 7) is 14.5. The first kappa shape index (κ1) is 15.1. The van der Waals surface area contributed by atoms with Crippen molar-refractivity contribution in [3.05, 3.63) is 0 Å². The van der Waals surface area contributed by atoms with E-state index in [1.165, 1.54) is 38.5 Å². The summed E-state index contributed by atoms with van der Waals surface area (Å²) < 4.78 is 0. The Bertz CT molecular complexity index is 214. The zero-order valence-corrected chi connectivity index (χ0v) is 13.1. The largest absolute Gasteiger partial charge is 0.0654 e. The fourth-order valence-electron chi connectivity index (χ4n) is 3.41. The van der Waals surface area contributed by atoms with E-state index in [0.29, 0.717) is 5.41 Å². The maximum atomic E-state index is 2.45. The topological polar surface area (TPSA) is 0 Å². The van der Waals surface area contributed by atoms with E-state index in [-0.39, 0.29) is 0 Å². The van der Waals surface area contributed by atoms with Gasteiger partial charge in [0.1, 0.15) is 0 Å². The summed E-state index contributed by atoms with van der Waals surface area (Å²) in [5.41, 5.74) is 0.654. The smallest absolute Gasteiger partial charge is 0.0320 e. The van der Waals surface area contributed by atoms with Gasteiger partial charge in [0.25, 0.3) is 0 Å². The van der Waals surface area contributed by atoms with Gasteiger partial charge in [-0.1, -0.05) is 67.2 Å². The molecule has 102 valence electrons. The van der Waals surface area contributed by atoms with Crippen molar-refractivity contribution in [2.75, 3.05) is 0 Å². The molecule has 1 aliphatic carbocycles. The second-order valence-electron chi connectivity index (χ2n) is 7.53. The average Bonchev–Trinajstić information content (AvgIpc) is 2.84. The molecule has 0 aliphatic heterocycles. The lowest BCUT2D eigenvalue weighted by atomic mass is 9.81. The van der Waals surface area contributed by atoms with Crippen LogP contribution in [0.5, 0.6) is 0 Å². The van der Waals surface area contributed by atoms with Gasteiger partial charge < -0.3 is 0 Å². The van der Waals surface area contributed by atoms with Crippen molar-refractivity contribution in [3.8, 4) is 0 Å². The third kappa shape index (κ3) is 4.64. The van der Waals surface area contributed by atoms with Crippen molar-refractivity contribution in [1.29, 1.82) is 0 Å². The number of hydrogen-bond donors (Lipinski definition) is 0. The van der Waals surface area contributed by atoms with E-state index in [2.05, 4.69) is 41.5 Å². The van der Waals surface area contributed by atoms with E-state index in [1.807, 2.05) is 0 Å².